The van der Waals surface area contributed by atoms with Gasteiger partial charge in [-0.25, -0.2) is 0 Å². The Balaban J connectivity index is 0.000000187. The van der Waals surface area contributed by atoms with Crippen molar-refractivity contribution in [2.45, 2.75) is 0 Å². The van der Waals surface area contributed by atoms with Gasteiger partial charge >= 0.3 is 17.4 Å². The monoisotopic (exact) mass is 388 g/mol. The zero-order chi connectivity index (χ0) is 17.9. The fraction of sp³-hybridized carbons (Fsp3) is 0. The Kier molecular flexibility index (Phi) is 8.73. The molecular weight excluding hydrogens is 368 g/mol. The predicted octanol–water partition coefficient (Wildman–Crippen LogP) is 8.04. The molecule has 0 aliphatic heterocycles. The van der Waals surface area contributed by atoms with Gasteiger partial charge in [0.25, 0.3) is 0 Å². The summed E-state index contributed by atoms with van der Waals surface area (Å²) in [5.41, 5.74) is 3.98. The van der Waals surface area contributed by atoms with Crippen molar-refractivity contribution in [2.24, 2.45) is 0 Å². The Morgan fingerprint density at radius 1 is 0.296 bits per heavy atom. The van der Waals surface area contributed by atoms with E-state index in [1.54, 1.807) is 0 Å². The molecule has 132 valence electrons. The number of para-hydroxylation sites is 4. The molecule has 0 aliphatic carbocycles. The van der Waals surface area contributed by atoms with Gasteiger partial charge in [0.1, 0.15) is 0 Å². The summed E-state index contributed by atoms with van der Waals surface area (Å²) in [5.74, 6) is 0. The summed E-state index contributed by atoms with van der Waals surface area (Å²) in [5, 5.41) is 8.88. The van der Waals surface area contributed by atoms with E-state index in [1.807, 2.05) is 121 Å². The van der Waals surface area contributed by atoms with Gasteiger partial charge in [-0.2, -0.15) is 0 Å². The van der Waals surface area contributed by atoms with Crippen LogP contribution in [-0.4, -0.2) is 0 Å². The van der Waals surface area contributed by atoms with Crippen molar-refractivity contribution < 1.29 is 17.4 Å². The molecule has 0 heterocycles. The number of hydrogen-bond acceptors (Lipinski definition) is 0. The summed E-state index contributed by atoms with van der Waals surface area (Å²) < 4.78 is 0. The van der Waals surface area contributed by atoms with Crippen LogP contribution in [0.15, 0.2) is 121 Å². The fourth-order valence-corrected chi connectivity index (χ4v) is 2.31. The van der Waals surface area contributed by atoms with Gasteiger partial charge in [0.2, 0.25) is 0 Å². The van der Waals surface area contributed by atoms with E-state index in [0.717, 1.165) is 22.7 Å². The Morgan fingerprint density at radius 2 is 0.481 bits per heavy atom. The summed E-state index contributed by atoms with van der Waals surface area (Å²) in [4.78, 5) is 0. The molecule has 0 aliphatic rings. The van der Waals surface area contributed by atoms with Crippen molar-refractivity contribution in [3.63, 3.8) is 0 Å². The minimum Gasteiger partial charge on any atom is -0.658 e. The van der Waals surface area contributed by atoms with Crippen molar-refractivity contribution in [1.82, 2.24) is 0 Å². The van der Waals surface area contributed by atoms with Crippen LogP contribution in [0.3, 0.4) is 0 Å². The molecule has 0 N–H and O–H groups in total. The van der Waals surface area contributed by atoms with E-state index >= 15 is 0 Å². The van der Waals surface area contributed by atoms with Gasteiger partial charge in [-0.3, -0.25) is 0 Å². The molecule has 0 saturated carbocycles. The Hall–Kier alpha value is -2.99. The molecule has 3 heteroatoms. The van der Waals surface area contributed by atoms with Crippen LogP contribution in [0.5, 0.6) is 0 Å². The molecule has 0 saturated heterocycles. The van der Waals surface area contributed by atoms with Crippen molar-refractivity contribution in [3.8, 4) is 0 Å². The number of rotatable bonds is 4. The van der Waals surface area contributed by atoms with E-state index in [4.69, 9.17) is 0 Å². The molecule has 0 fully saturated rings. The second kappa shape index (κ2) is 11.6. The van der Waals surface area contributed by atoms with Gasteiger partial charge in [-0.1, -0.05) is 121 Å². The minimum absolute atomic E-state index is 0. The maximum absolute atomic E-state index is 4.44. The molecule has 0 atom stereocenters. The normalized spacial score (nSPS) is 9.19. The van der Waals surface area contributed by atoms with Gasteiger partial charge in [0.05, 0.1) is 0 Å². The minimum atomic E-state index is 0. The van der Waals surface area contributed by atoms with E-state index in [9.17, 15) is 0 Å². The van der Waals surface area contributed by atoms with Crippen molar-refractivity contribution >= 4 is 22.7 Å². The molecule has 0 amide bonds. The third-order valence-corrected chi connectivity index (χ3v) is 3.54. The Bertz CT molecular complexity index is 715. The van der Waals surface area contributed by atoms with Gasteiger partial charge in [0.15, 0.2) is 0 Å². The summed E-state index contributed by atoms with van der Waals surface area (Å²) in [6.45, 7) is 0. The second-order valence-corrected chi connectivity index (χ2v) is 5.57. The molecule has 4 rings (SSSR count). The van der Waals surface area contributed by atoms with E-state index in [1.165, 1.54) is 0 Å². The fourth-order valence-electron chi connectivity index (χ4n) is 2.31. The zero-order valence-electron chi connectivity index (χ0n) is 14.8. The average molecular weight is 388 g/mol. The van der Waals surface area contributed by atoms with Gasteiger partial charge < -0.3 is 10.6 Å². The molecule has 2 nitrogen and oxygen atoms in total. The van der Waals surface area contributed by atoms with E-state index in [2.05, 4.69) is 10.6 Å². The maximum atomic E-state index is 4.44. The van der Waals surface area contributed by atoms with Crippen molar-refractivity contribution in [2.75, 3.05) is 0 Å². The van der Waals surface area contributed by atoms with Crippen LogP contribution in [0, 0.1) is 0 Å². The van der Waals surface area contributed by atoms with Crippen LogP contribution < -0.4 is 0 Å². The largest absolute Gasteiger partial charge is 2.00 e. The van der Waals surface area contributed by atoms with Gasteiger partial charge in [-0.15, -0.1) is 22.7 Å². The first-order valence-electron chi connectivity index (χ1n) is 8.54. The molecule has 0 aromatic heterocycles. The van der Waals surface area contributed by atoms with Crippen molar-refractivity contribution in [1.29, 1.82) is 0 Å². The summed E-state index contributed by atoms with van der Waals surface area (Å²) in [6, 6.07) is 39.8. The number of nitrogens with zero attached hydrogens (tertiary/aromatic N) is 2. The quantitative estimate of drug-likeness (QED) is 0.338. The first-order chi connectivity index (χ1) is 12.9. The topological polar surface area (TPSA) is 28.2 Å². The van der Waals surface area contributed by atoms with Crippen LogP contribution in [0.2, 0.25) is 0 Å². The first kappa shape index (κ1) is 20.3. The Labute approximate surface area is 172 Å². The maximum Gasteiger partial charge on any atom is 2.00 e. The van der Waals surface area contributed by atoms with E-state index in [-0.39, 0.29) is 17.4 Å². The predicted molar refractivity (Wildman–Crippen MR) is 111 cm³/mol. The molecule has 0 bridgehead atoms. The zero-order valence-corrected chi connectivity index (χ0v) is 16.1. The van der Waals surface area contributed by atoms with Crippen LogP contribution in [0.1, 0.15) is 0 Å². The van der Waals surface area contributed by atoms with Gasteiger partial charge in [0, 0.05) is 0 Å². The summed E-state index contributed by atoms with van der Waals surface area (Å²) in [7, 11) is 0. The molecule has 4 aromatic carbocycles. The van der Waals surface area contributed by atoms with Crippen LogP contribution >= 0.6 is 0 Å². The summed E-state index contributed by atoms with van der Waals surface area (Å²) in [6.07, 6.45) is 0. The molecular formula is C24H20CrN2. The van der Waals surface area contributed by atoms with Crippen LogP contribution in [-0.2, 0) is 17.4 Å². The molecule has 0 radical (unpaired) electrons. The van der Waals surface area contributed by atoms with Gasteiger partial charge in [-0.05, 0) is 0 Å². The molecule has 4 aromatic rings. The third kappa shape index (κ3) is 7.42. The SMILES string of the molecule is [Cr+2].c1ccc([N-]c2ccccc2)cc1.c1ccc([N-]c2ccccc2)cc1. The van der Waals surface area contributed by atoms with Crippen molar-refractivity contribution in [3.05, 3.63) is 132 Å². The first-order valence-corrected chi connectivity index (χ1v) is 8.54. The third-order valence-electron chi connectivity index (χ3n) is 3.54. The second-order valence-electron chi connectivity index (χ2n) is 5.57. The Morgan fingerprint density at radius 3 is 0.667 bits per heavy atom. The van der Waals surface area contributed by atoms with E-state index in [0.29, 0.717) is 0 Å². The average Bonchev–Trinajstić information content (AvgIpc) is 2.72. The number of benzene rings is 4. The van der Waals surface area contributed by atoms with Crippen LogP contribution in [0.25, 0.3) is 10.6 Å². The number of hydrogen-bond donors (Lipinski definition) is 0. The standard InChI is InChI=1S/2C12H10N.Cr/c2*1-3-7-11(8-4-1)13-12-9-5-2-6-10-12;/h2*1-10H;/q2*-1;+2. The summed E-state index contributed by atoms with van der Waals surface area (Å²) >= 11 is 0. The van der Waals surface area contributed by atoms with E-state index < -0.39 is 0 Å². The van der Waals surface area contributed by atoms with Crippen LogP contribution in [0.4, 0.5) is 22.7 Å². The molecule has 0 spiro atoms. The smallest absolute Gasteiger partial charge is 0.658 e. The molecule has 27 heavy (non-hydrogen) atoms. The molecule has 0 unspecified atom stereocenters.